The standard InChI is InChI=1S/C29H33ClN2O5S/c1-20(2)15-26(31-28(34)17-37-23-12-10-22(30)11-13-23)29(35)32-25(16-21-7-4-3-5-8-21)27(33)19-38-18-24-9-6-14-36-24/h3-14,20,25-26H,15-19H2,1-2H3,(H,31,34)(H,32,35)/t25-,26-/m0/s1. The van der Waals surface area contributed by atoms with Crippen LogP contribution in [0, 0.1) is 5.92 Å². The molecule has 0 saturated carbocycles. The van der Waals surface area contributed by atoms with E-state index in [1.165, 1.54) is 11.8 Å². The minimum absolute atomic E-state index is 0.0977. The lowest BCUT2D eigenvalue weighted by atomic mass is 10.00. The number of thioether (sulfide) groups is 1. The number of rotatable bonds is 15. The van der Waals surface area contributed by atoms with E-state index >= 15 is 0 Å². The van der Waals surface area contributed by atoms with Gasteiger partial charge in [0.15, 0.2) is 12.4 Å². The number of hydrogen-bond acceptors (Lipinski definition) is 6. The number of carbonyl (C=O) groups is 3. The second-order valence-electron chi connectivity index (χ2n) is 9.28. The summed E-state index contributed by atoms with van der Waals surface area (Å²) in [6, 6.07) is 18.3. The molecule has 38 heavy (non-hydrogen) atoms. The molecule has 9 heteroatoms. The third-order valence-corrected chi connectivity index (χ3v) is 6.83. The molecule has 0 saturated heterocycles. The summed E-state index contributed by atoms with van der Waals surface area (Å²) in [5, 5.41) is 6.24. The molecule has 7 nitrogen and oxygen atoms in total. The van der Waals surface area contributed by atoms with Gasteiger partial charge in [-0.15, -0.1) is 11.8 Å². The molecule has 2 atom stereocenters. The molecule has 0 radical (unpaired) electrons. The van der Waals surface area contributed by atoms with Crippen molar-refractivity contribution in [2.45, 2.75) is 44.5 Å². The molecule has 2 amide bonds. The van der Waals surface area contributed by atoms with E-state index < -0.39 is 23.9 Å². The van der Waals surface area contributed by atoms with Crippen LogP contribution in [0.15, 0.2) is 77.4 Å². The summed E-state index contributed by atoms with van der Waals surface area (Å²) >= 11 is 7.31. The fraction of sp³-hybridized carbons (Fsp3) is 0.345. The van der Waals surface area contributed by atoms with Crippen LogP contribution in [0.25, 0.3) is 0 Å². The zero-order chi connectivity index (χ0) is 27.3. The summed E-state index contributed by atoms with van der Waals surface area (Å²) in [4.78, 5) is 39.1. The van der Waals surface area contributed by atoms with Gasteiger partial charge in [-0.05, 0) is 60.7 Å². The maximum absolute atomic E-state index is 13.3. The van der Waals surface area contributed by atoms with Crippen LogP contribution in [0.1, 0.15) is 31.6 Å². The molecule has 0 fully saturated rings. The molecule has 202 valence electrons. The van der Waals surface area contributed by atoms with E-state index in [-0.39, 0.29) is 24.1 Å². The normalized spacial score (nSPS) is 12.5. The van der Waals surface area contributed by atoms with Gasteiger partial charge in [0.05, 0.1) is 23.8 Å². The second kappa shape index (κ2) is 15.2. The highest BCUT2D eigenvalue weighted by molar-refractivity contribution is 7.99. The van der Waals surface area contributed by atoms with Gasteiger partial charge < -0.3 is 19.8 Å². The number of halogens is 1. The maximum atomic E-state index is 13.3. The number of benzene rings is 2. The van der Waals surface area contributed by atoms with Crippen molar-refractivity contribution in [2.24, 2.45) is 5.92 Å². The van der Waals surface area contributed by atoms with Crippen molar-refractivity contribution in [1.82, 2.24) is 10.6 Å². The van der Waals surface area contributed by atoms with E-state index in [4.69, 9.17) is 20.8 Å². The Morgan fingerprint density at radius 3 is 2.34 bits per heavy atom. The molecule has 0 bridgehead atoms. The molecule has 3 aromatic rings. The van der Waals surface area contributed by atoms with Crippen molar-refractivity contribution in [3.05, 3.63) is 89.3 Å². The van der Waals surface area contributed by atoms with E-state index in [0.717, 1.165) is 11.3 Å². The van der Waals surface area contributed by atoms with Crippen LogP contribution in [0.3, 0.4) is 0 Å². The van der Waals surface area contributed by atoms with Crippen LogP contribution < -0.4 is 15.4 Å². The molecule has 1 aromatic heterocycles. The number of nitrogens with one attached hydrogen (secondary N) is 2. The molecular formula is C29H33ClN2O5S. The lowest BCUT2D eigenvalue weighted by Gasteiger charge is -2.24. The number of hydrogen-bond donors (Lipinski definition) is 2. The molecule has 2 N–H and O–H groups in total. The number of ether oxygens (including phenoxy) is 1. The summed E-state index contributed by atoms with van der Waals surface area (Å²) in [6.45, 7) is 3.68. The van der Waals surface area contributed by atoms with Gasteiger partial charge in [0, 0.05) is 5.02 Å². The zero-order valence-electron chi connectivity index (χ0n) is 21.5. The number of amides is 2. The van der Waals surface area contributed by atoms with Crippen molar-refractivity contribution in [3.8, 4) is 5.75 Å². The first-order valence-electron chi connectivity index (χ1n) is 12.4. The van der Waals surface area contributed by atoms with E-state index in [1.807, 2.05) is 50.2 Å². The molecule has 3 rings (SSSR count). The van der Waals surface area contributed by atoms with Crippen LogP contribution in [-0.4, -0.2) is 42.0 Å². The Bertz CT molecular complexity index is 1150. The van der Waals surface area contributed by atoms with Crippen LogP contribution in [-0.2, 0) is 26.6 Å². The molecule has 1 heterocycles. The molecule has 0 aliphatic heterocycles. The lowest BCUT2D eigenvalue weighted by Crippen LogP contribution is -2.53. The van der Waals surface area contributed by atoms with Gasteiger partial charge in [-0.3, -0.25) is 14.4 Å². The quantitative estimate of drug-likeness (QED) is 0.271. The monoisotopic (exact) mass is 556 g/mol. The minimum Gasteiger partial charge on any atom is -0.484 e. The minimum atomic E-state index is -0.807. The smallest absolute Gasteiger partial charge is 0.258 e. The number of furan rings is 1. The summed E-state index contributed by atoms with van der Waals surface area (Å²) in [5.74, 6) is 1.26. The van der Waals surface area contributed by atoms with Crippen molar-refractivity contribution in [2.75, 3.05) is 12.4 Å². The predicted molar refractivity (Wildman–Crippen MR) is 150 cm³/mol. The van der Waals surface area contributed by atoms with Gasteiger partial charge in [0.25, 0.3) is 5.91 Å². The number of carbonyl (C=O) groups excluding carboxylic acids is 3. The number of ketones is 1. The van der Waals surface area contributed by atoms with Crippen molar-refractivity contribution < 1.29 is 23.5 Å². The molecule has 0 aliphatic rings. The van der Waals surface area contributed by atoms with Gasteiger partial charge in [0.2, 0.25) is 5.91 Å². The highest BCUT2D eigenvalue weighted by Gasteiger charge is 2.27. The van der Waals surface area contributed by atoms with Gasteiger partial charge in [-0.1, -0.05) is 55.8 Å². The van der Waals surface area contributed by atoms with E-state index in [0.29, 0.717) is 29.4 Å². The van der Waals surface area contributed by atoms with Crippen molar-refractivity contribution in [1.29, 1.82) is 0 Å². The predicted octanol–water partition coefficient (Wildman–Crippen LogP) is 5.07. The van der Waals surface area contributed by atoms with E-state index in [2.05, 4.69) is 10.6 Å². The molecule has 0 aliphatic carbocycles. The fourth-order valence-corrected chi connectivity index (χ4v) is 4.73. The van der Waals surface area contributed by atoms with Crippen molar-refractivity contribution >= 4 is 41.0 Å². The summed E-state index contributed by atoms with van der Waals surface area (Å²) < 4.78 is 10.9. The average molecular weight is 557 g/mol. The highest BCUT2D eigenvalue weighted by atomic mass is 35.5. The Balaban J connectivity index is 1.63. The van der Waals surface area contributed by atoms with Gasteiger partial charge in [-0.2, -0.15) is 0 Å². The van der Waals surface area contributed by atoms with Gasteiger partial charge in [-0.25, -0.2) is 0 Å². The van der Waals surface area contributed by atoms with Crippen LogP contribution in [0.5, 0.6) is 5.75 Å². The Kier molecular flexibility index (Phi) is 11.8. The Morgan fingerprint density at radius 1 is 0.947 bits per heavy atom. The van der Waals surface area contributed by atoms with Crippen LogP contribution in [0.2, 0.25) is 5.02 Å². The summed E-state index contributed by atoms with van der Waals surface area (Å²) in [5.41, 5.74) is 0.933. The van der Waals surface area contributed by atoms with Gasteiger partial charge >= 0.3 is 0 Å². The first-order valence-corrected chi connectivity index (χ1v) is 14.0. The average Bonchev–Trinajstić information content (AvgIpc) is 3.41. The van der Waals surface area contributed by atoms with Crippen LogP contribution in [0.4, 0.5) is 0 Å². The van der Waals surface area contributed by atoms with Gasteiger partial charge in [0.1, 0.15) is 17.6 Å². The molecule has 0 unspecified atom stereocenters. The summed E-state index contributed by atoms with van der Waals surface area (Å²) in [7, 11) is 0. The van der Waals surface area contributed by atoms with Crippen molar-refractivity contribution in [3.63, 3.8) is 0 Å². The zero-order valence-corrected chi connectivity index (χ0v) is 23.1. The fourth-order valence-electron chi connectivity index (χ4n) is 3.73. The Hall–Kier alpha value is -3.23. The van der Waals surface area contributed by atoms with Crippen LogP contribution >= 0.6 is 23.4 Å². The van der Waals surface area contributed by atoms with E-state index in [1.54, 1.807) is 36.6 Å². The Labute approximate surface area is 232 Å². The Morgan fingerprint density at radius 2 is 1.68 bits per heavy atom. The molecule has 0 spiro atoms. The lowest BCUT2D eigenvalue weighted by molar-refractivity contribution is -0.132. The highest BCUT2D eigenvalue weighted by Crippen LogP contribution is 2.16. The largest absolute Gasteiger partial charge is 0.484 e. The molecular weight excluding hydrogens is 524 g/mol. The first-order chi connectivity index (χ1) is 18.3. The first kappa shape index (κ1) is 29.3. The van der Waals surface area contributed by atoms with E-state index in [9.17, 15) is 14.4 Å². The summed E-state index contributed by atoms with van der Waals surface area (Å²) in [6.07, 6.45) is 2.37. The maximum Gasteiger partial charge on any atom is 0.258 e. The second-order valence-corrected chi connectivity index (χ2v) is 10.7. The molecule has 2 aromatic carbocycles. The number of Topliss-reactive ketones (excluding diaryl/α,β-unsaturated/α-hetero) is 1. The third kappa shape index (κ3) is 10.3. The SMILES string of the molecule is CC(C)C[C@H](NC(=O)COc1ccc(Cl)cc1)C(=O)N[C@@H](Cc1ccccc1)C(=O)CSCc1ccco1. The topological polar surface area (TPSA) is 97.6 Å². The third-order valence-electron chi connectivity index (χ3n) is 5.60.